The molecule has 3 heteroatoms. The van der Waals surface area contributed by atoms with E-state index >= 15 is 0 Å². The number of hydrogen-bond acceptors (Lipinski definition) is 2. The fourth-order valence-corrected chi connectivity index (χ4v) is 2.15. The van der Waals surface area contributed by atoms with Crippen LogP contribution in [-0.2, 0) is 4.79 Å². The van der Waals surface area contributed by atoms with E-state index in [-0.39, 0.29) is 17.9 Å². The molecule has 3 N–H and O–H groups in total. The molecular formula is C13H16N2O. The third kappa shape index (κ3) is 1.99. The number of amides is 1. The Morgan fingerprint density at radius 1 is 1.50 bits per heavy atom. The zero-order valence-electron chi connectivity index (χ0n) is 9.15. The van der Waals surface area contributed by atoms with Gasteiger partial charge in [0.25, 0.3) is 0 Å². The lowest BCUT2D eigenvalue weighted by molar-refractivity contribution is -0.116. The van der Waals surface area contributed by atoms with Crippen LogP contribution in [0, 0.1) is 0 Å². The largest absolute Gasteiger partial charge is 0.326 e. The van der Waals surface area contributed by atoms with E-state index in [1.165, 1.54) is 0 Å². The van der Waals surface area contributed by atoms with Crippen molar-refractivity contribution in [3.63, 3.8) is 0 Å². The SMILES string of the molecule is C=CC(N)C1CCC(=O)Nc2ccccc21. The van der Waals surface area contributed by atoms with Gasteiger partial charge in [-0.15, -0.1) is 6.58 Å². The molecule has 2 unspecified atom stereocenters. The van der Waals surface area contributed by atoms with Gasteiger partial charge in [-0.1, -0.05) is 24.3 Å². The molecule has 1 aliphatic rings. The highest BCUT2D eigenvalue weighted by atomic mass is 16.1. The van der Waals surface area contributed by atoms with Crippen LogP contribution >= 0.6 is 0 Å². The number of rotatable bonds is 2. The summed E-state index contributed by atoms with van der Waals surface area (Å²) in [5.41, 5.74) is 8.01. The van der Waals surface area contributed by atoms with Gasteiger partial charge in [-0.25, -0.2) is 0 Å². The number of benzene rings is 1. The van der Waals surface area contributed by atoms with E-state index < -0.39 is 0 Å². The average Bonchev–Trinajstić information content (AvgIpc) is 2.46. The molecule has 0 fully saturated rings. The quantitative estimate of drug-likeness (QED) is 0.743. The minimum absolute atomic E-state index is 0.0613. The summed E-state index contributed by atoms with van der Waals surface area (Å²) in [6, 6.07) is 7.73. The van der Waals surface area contributed by atoms with Crippen LogP contribution in [0.4, 0.5) is 5.69 Å². The Balaban J connectivity index is 2.42. The normalized spacial score (nSPS) is 21.6. The highest BCUT2D eigenvalue weighted by molar-refractivity contribution is 5.92. The van der Waals surface area contributed by atoms with Crippen LogP contribution in [0.25, 0.3) is 0 Å². The molecule has 0 spiro atoms. The summed E-state index contributed by atoms with van der Waals surface area (Å²) in [6.07, 6.45) is 3.04. The van der Waals surface area contributed by atoms with E-state index in [1.807, 2.05) is 24.3 Å². The van der Waals surface area contributed by atoms with Crippen molar-refractivity contribution in [3.8, 4) is 0 Å². The van der Waals surface area contributed by atoms with Crippen LogP contribution in [0.5, 0.6) is 0 Å². The van der Waals surface area contributed by atoms with Crippen molar-refractivity contribution in [2.75, 3.05) is 5.32 Å². The molecule has 0 saturated carbocycles. The molecule has 0 aromatic heterocycles. The van der Waals surface area contributed by atoms with E-state index in [1.54, 1.807) is 6.08 Å². The van der Waals surface area contributed by atoms with E-state index in [4.69, 9.17) is 5.73 Å². The molecule has 1 aromatic carbocycles. The molecule has 1 aliphatic heterocycles. The Hall–Kier alpha value is -1.61. The van der Waals surface area contributed by atoms with Crippen LogP contribution in [-0.4, -0.2) is 11.9 Å². The first-order chi connectivity index (χ1) is 7.72. The second kappa shape index (κ2) is 4.49. The standard InChI is InChI=1S/C13H16N2O/c1-2-11(14)9-7-8-13(16)15-12-6-4-3-5-10(9)12/h2-6,9,11H,1,7-8,14H2,(H,15,16). The molecule has 1 amide bonds. The summed E-state index contributed by atoms with van der Waals surface area (Å²) in [7, 11) is 0. The molecule has 2 atom stereocenters. The molecule has 1 aromatic rings. The smallest absolute Gasteiger partial charge is 0.224 e. The predicted molar refractivity (Wildman–Crippen MR) is 65.2 cm³/mol. The topological polar surface area (TPSA) is 55.1 Å². The van der Waals surface area contributed by atoms with Crippen LogP contribution in [0.15, 0.2) is 36.9 Å². The Kier molecular flexibility index (Phi) is 3.06. The molecule has 84 valence electrons. The summed E-state index contributed by atoms with van der Waals surface area (Å²) in [5, 5.41) is 2.90. The van der Waals surface area contributed by atoms with Crippen molar-refractivity contribution < 1.29 is 4.79 Å². The van der Waals surface area contributed by atoms with Gasteiger partial charge in [0.1, 0.15) is 0 Å². The molecular weight excluding hydrogens is 200 g/mol. The molecule has 1 heterocycles. The maximum atomic E-state index is 11.5. The van der Waals surface area contributed by atoms with Crippen molar-refractivity contribution in [2.24, 2.45) is 5.73 Å². The van der Waals surface area contributed by atoms with Crippen LogP contribution in [0.3, 0.4) is 0 Å². The van der Waals surface area contributed by atoms with Gasteiger partial charge in [-0.3, -0.25) is 4.79 Å². The number of fused-ring (bicyclic) bond motifs is 1. The molecule has 3 nitrogen and oxygen atoms in total. The van der Waals surface area contributed by atoms with Crippen molar-refractivity contribution in [1.82, 2.24) is 0 Å². The maximum absolute atomic E-state index is 11.5. The second-order valence-corrected chi connectivity index (χ2v) is 4.09. The van der Waals surface area contributed by atoms with Gasteiger partial charge >= 0.3 is 0 Å². The number of carbonyl (C=O) groups excluding carboxylic acids is 1. The fraction of sp³-hybridized carbons (Fsp3) is 0.308. The van der Waals surface area contributed by atoms with Crippen molar-refractivity contribution in [1.29, 1.82) is 0 Å². The molecule has 16 heavy (non-hydrogen) atoms. The molecule has 0 radical (unpaired) electrons. The van der Waals surface area contributed by atoms with Gasteiger partial charge in [0.15, 0.2) is 0 Å². The summed E-state index contributed by atoms with van der Waals surface area (Å²) in [5.74, 6) is 0.235. The molecule has 0 bridgehead atoms. The summed E-state index contributed by atoms with van der Waals surface area (Å²) in [4.78, 5) is 11.5. The lowest BCUT2D eigenvalue weighted by Gasteiger charge is -2.20. The highest BCUT2D eigenvalue weighted by Crippen LogP contribution is 2.33. The third-order valence-corrected chi connectivity index (χ3v) is 3.05. The van der Waals surface area contributed by atoms with E-state index in [0.717, 1.165) is 17.7 Å². The Labute approximate surface area is 95.3 Å². The number of nitrogens with two attached hydrogens (primary N) is 1. The van der Waals surface area contributed by atoms with Gasteiger partial charge in [0.2, 0.25) is 5.91 Å². The zero-order chi connectivity index (χ0) is 11.5. The summed E-state index contributed by atoms with van der Waals surface area (Å²) < 4.78 is 0. The Bertz CT molecular complexity index is 414. The monoisotopic (exact) mass is 216 g/mol. The molecule has 0 saturated heterocycles. The van der Waals surface area contributed by atoms with E-state index in [0.29, 0.717) is 6.42 Å². The van der Waals surface area contributed by atoms with Gasteiger partial charge in [-0.05, 0) is 18.1 Å². The first kappa shape index (κ1) is 10.9. The fourth-order valence-electron chi connectivity index (χ4n) is 2.15. The van der Waals surface area contributed by atoms with Gasteiger partial charge in [0.05, 0.1) is 0 Å². The zero-order valence-corrected chi connectivity index (χ0v) is 9.15. The van der Waals surface area contributed by atoms with E-state index in [9.17, 15) is 4.79 Å². The predicted octanol–water partition coefficient (Wildman–Crippen LogP) is 2.02. The Morgan fingerprint density at radius 2 is 2.25 bits per heavy atom. The van der Waals surface area contributed by atoms with E-state index in [2.05, 4.69) is 11.9 Å². The number of hydrogen-bond donors (Lipinski definition) is 2. The number of anilines is 1. The van der Waals surface area contributed by atoms with Crippen LogP contribution in [0.1, 0.15) is 24.3 Å². The lowest BCUT2D eigenvalue weighted by atomic mass is 9.88. The number of nitrogens with one attached hydrogen (secondary N) is 1. The molecule has 2 rings (SSSR count). The van der Waals surface area contributed by atoms with Crippen molar-refractivity contribution >= 4 is 11.6 Å². The van der Waals surface area contributed by atoms with Crippen molar-refractivity contribution in [3.05, 3.63) is 42.5 Å². The first-order valence-corrected chi connectivity index (χ1v) is 5.49. The number of para-hydroxylation sites is 1. The Morgan fingerprint density at radius 3 is 3.00 bits per heavy atom. The first-order valence-electron chi connectivity index (χ1n) is 5.49. The van der Waals surface area contributed by atoms with Gasteiger partial charge in [-0.2, -0.15) is 0 Å². The van der Waals surface area contributed by atoms with Crippen LogP contribution in [0.2, 0.25) is 0 Å². The average molecular weight is 216 g/mol. The second-order valence-electron chi connectivity index (χ2n) is 4.09. The number of carbonyl (C=O) groups is 1. The molecule has 0 aliphatic carbocycles. The maximum Gasteiger partial charge on any atom is 0.224 e. The minimum Gasteiger partial charge on any atom is -0.326 e. The third-order valence-electron chi connectivity index (χ3n) is 3.05. The minimum atomic E-state index is -0.103. The summed E-state index contributed by atoms with van der Waals surface area (Å²) >= 11 is 0. The summed E-state index contributed by atoms with van der Waals surface area (Å²) in [6.45, 7) is 3.73. The highest BCUT2D eigenvalue weighted by Gasteiger charge is 2.24. The van der Waals surface area contributed by atoms with Gasteiger partial charge in [0, 0.05) is 24.1 Å². The van der Waals surface area contributed by atoms with Gasteiger partial charge < -0.3 is 11.1 Å². The van der Waals surface area contributed by atoms with Crippen LogP contribution < -0.4 is 11.1 Å². The lowest BCUT2D eigenvalue weighted by Crippen LogP contribution is -2.25. The van der Waals surface area contributed by atoms with Crippen molar-refractivity contribution in [2.45, 2.75) is 24.8 Å².